The van der Waals surface area contributed by atoms with E-state index in [1.807, 2.05) is 54.2 Å². The Morgan fingerprint density at radius 3 is 2.43 bits per heavy atom. The highest BCUT2D eigenvalue weighted by atomic mass is 16.3. The van der Waals surface area contributed by atoms with Crippen LogP contribution in [0, 0.1) is 0 Å². The van der Waals surface area contributed by atoms with Crippen molar-refractivity contribution in [2.45, 2.75) is 71.0 Å². The van der Waals surface area contributed by atoms with Crippen LogP contribution in [0.25, 0.3) is 0 Å². The number of rotatable bonds is 13. The number of hydrogen-bond acceptors (Lipinski definition) is 3. The van der Waals surface area contributed by atoms with Crippen molar-refractivity contribution in [2.24, 2.45) is 7.05 Å². The van der Waals surface area contributed by atoms with Crippen LogP contribution in [0.4, 0.5) is 0 Å². The summed E-state index contributed by atoms with van der Waals surface area (Å²) < 4.78 is 7.53. The summed E-state index contributed by atoms with van der Waals surface area (Å²) >= 11 is 0. The van der Waals surface area contributed by atoms with Crippen molar-refractivity contribution >= 4 is 11.8 Å². The molecule has 186 valence electrons. The lowest BCUT2D eigenvalue weighted by Gasteiger charge is -2.27. The molecule has 35 heavy (non-hydrogen) atoms. The first-order valence-corrected chi connectivity index (χ1v) is 12.9. The van der Waals surface area contributed by atoms with E-state index >= 15 is 0 Å². The first-order chi connectivity index (χ1) is 17.0. The molecule has 6 heteroatoms. The van der Waals surface area contributed by atoms with E-state index in [2.05, 4.69) is 19.1 Å². The highest BCUT2D eigenvalue weighted by Crippen LogP contribution is 2.29. The fourth-order valence-corrected chi connectivity index (χ4v) is 4.41. The van der Waals surface area contributed by atoms with Crippen molar-refractivity contribution in [1.82, 2.24) is 14.4 Å². The molecular formula is C29H37N3O3. The number of carbonyl (C=O) groups is 2. The lowest BCUT2D eigenvalue weighted by atomic mass is 10.0. The van der Waals surface area contributed by atoms with Gasteiger partial charge in [-0.15, -0.1) is 0 Å². The molecule has 2 aromatic heterocycles. The molecule has 2 heterocycles. The van der Waals surface area contributed by atoms with Crippen LogP contribution >= 0.6 is 0 Å². The minimum absolute atomic E-state index is 0.0600. The number of carbonyl (C=O) groups excluding carboxylic acids is 2. The Balaban J connectivity index is 1.43. The maximum atomic E-state index is 13.5. The summed E-state index contributed by atoms with van der Waals surface area (Å²) in [6, 6.07) is 15.8. The van der Waals surface area contributed by atoms with Gasteiger partial charge < -0.3 is 18.8 Å². The standard InChI is InChI=1S/C29H37N3O3/c1-3-4-5-6-9-23-12-14-24(15-13-23)29(34)32(25-16-17-25)22-28(33)31(21-27-11-8-19-35-27)20-26-10-7-18-30(26)2/h7-8,10-15,18-19,25H,3-6,9,16-17,20-22H2,1-2H3. The van der Waals surface area contributed by atoms with Crippen molar-refractivity contribution in [1.29, 1.82) is 0 Å². The largest absolute Gasteiger partial charge is 0.467 e. The second kappa shape index (κ2) is 11.9. The average molecular weight is 476 g/mol. The molecule has 4 rings (SSSR count). The number of unbranched alkanes of at least 4 members (excludes halogenated alkanes) is 3. The van der Waals surface area contributed by atoms with Gasteiger partial charge in [-0.05, 0) is 67.6 Å². The third kappa shape index (κ3) is 6.87. The number of benzene rings is 1. The molecule has 1 aliphatic carbocycles. The molecule has 0 saturated heterocycles. The summed E-state index contributed by atoms with van der Waals surface area (Å²) in [5, 5.41) is 0. The minimum Gasteiger partial charge on any atom is -0.467 e. The molecule has 0 aliphatic heterocycles. The third-order valence-electron chi connectivity index (χ3n) is 6.76. The summed E-state index contributed by atoms with van der Waals surface area (Å²) in [5.74, 6) is 0.594. The predicted molar refractivity (Wildman–Crippen MR) is 137 cm³/mol. The van der Waals surface area contributed by atoms with E-state index < -0.39 is 0 Å². The fraction of sp³-hybridized carbons (Fsp3) is 0.448. The average Bonchev–Trinajstić information content (AvgIpc) is 3.43. The molecule has 0 unspecified atom stereocenters. The lowest BCUT2D eigenvalue weighted by Crippen LogP contribution is -2.43. The van der Waals surface area contributed by atoms with Crippen LogP contribution in [-0.4, -0.2) is 38.8 Å². The van der Waals surface area contributed by atoms with Crippen LogP contribution in [0.2, 0.25) is 0 Å². The molecule has 6 nitrogen and oxygen atoms in total. The maximum Gasteiger partial charge on any atom is 0.254 e. The molecule has 0 N–H and O–H groups in total. The molecule has 2 amide bonds. The molecule has 0 radical (unpaired) electrons. The molecule has 1 fully saturated rings. The molecule has 0 atom stereocenters. The van der Waals surface area contributed by atoms with Crippen LogP contribution in [0.5, 0.6) is 0 Å². The van der Waals surface area contributed by atoms with Crippen molar-refractivity contribution in [3.8, 4) is 0 Å². The van der Waals surface area contributed by atoms with Gasteiger partial charge in [-0.25, -0.2) is 0 Å². The topological polar surface area (TPSA) is 58.7 Å². The molecule has 1 saturated carbocycles. The van der Waals surface area contributed by atoms with Crippen molar-refractivity contribution < 1.29 is 14.0 Å². The maximum absolute atomic E-state index is 13.5. The molecule has 0 bridgehead atoms. The predicted octanol–water partition coefficient (Wildman–Crippen LogP) is 5.57. The molecule has 1 aliphatic rings. The van der Waals surface area contributed by atoms with Gasteiger partial charge in [0.1, 0.15) is 12.3 Å². The summed E-state index contributed by atoms with van der Waals surface area (Å²) in [4.78, 5) is 30.4. The summed E-state index contributed by atoms with van der Waals surface area (Å²) in [6.45, 7) is 3.13. The lowest BCUT2D eigenvalue weighted by molar-refractivity contribution is -0.133. The van der Waals surface area contributed by atoms with Gasteiger partial charge in [-0.2, -0.15) is 0 Å². The number of nitrogens with zero attached hydrogens (tertiary/aromatic N) is 3. The van der Waals surface area contributed by atoms with Gasteiger partial charge in [0.15, 0.2) is 0 Å². The highest BCUT2D eigenvalue weighted by molar-refractivity contribution is 5.97. The first kappa shape index (κ1) is 24.8. The molecule has 0 spiro atoms. The van der Waals surface area contributed by atoms with E-state index in [0.29, 0.717) is 18.7 Å². The van der Waals surface area contributed by atoms with Crippen LogP contribution in [-0.2, 0) is 31.4 Å². The van der Waals surface area contributed by atoms with Gasteiger partial charge in [0.2, 0.25) is 5.91 Å². The number of aromatic nitrogens is 1. The summed E-state index contributed by atoms with van der Waals surface area (Å²) in [6.07, 6.45) is 11.4. The zero-order valence-corrected chi connectivity index (χ0v) is 21.0. The van der Waals surface area contributed by atoms with Gasteiger partial charge in [0.05, 0.1) is 19.4 Å². The summed E-state index contributed by atoms with van der Waals surface area (Å²) in [7, 11) is 1.97. The molecule has 1 aromatic carbocycles. The van der Waals surface area contributed by atoms with Crippen molar-refractivity contribution in [2.75, 3.05) is 6.54 Å². The number of hydrogen-bond donors (Lipinski definition) is 0. The quantitative estimate of drug-likeness (QED) is 0.304. The van der Waals surface area contributed by atoms with Crippen molar-refractivity contribution in [3.05, 3.63) is 83.6 Å². The Morgan fingerprint density at radius 2 is 1.80 bits per heavy atom. The van der Waals surface area contributed by atoms with E-state index in [-0.39, 0.29) is 24.4 Å². The van der Waals surface area contributed by atoms with Gasteiger partial charge >= 0.3 is 0 Å². The zero-order chi connectivity index (χ0) is 24.6. The normalized spacial score (nSPS) is 13.1. The number of furan rings is 1. The fourth-order valence-electron chi connectivity index (χ4n) is 4.41. The van der Waals surface area contributed by atoms with Crippen molar-refractivity contribution in [3.63, 3.8) is 0 Å². The Morgan fingerprint density at radius 1 is 1.00 bits per heavy atom. The van der Waals surface area contributed by atoms with Crippen LogP contribution in [0.3, 0.4) is 0 Å². The van der Waals surface area contributed by atoms with E-state index in [9.17, 15) is 9.59 Å². The van der Waals surface area contributed by atoms with Crippen LogP contribution in [0.15, 0.2) is 65.4 Å². The van der Waals surface area contributed by atoms with Gasteiger partial charge in [-0.1, -0.05) is 38.3 Å². The monoisotopic (exact) mass is 475 g/mol. The second-order valence-corrected chi connectivity index (χ2v) is 9.61. The number of amides is 2. The van der Waals surface area contributed by atoms with E-state index in [1.54, 1.807) is 16.1 Å². The summed E-state index contributed by atoms with van der Waals surface area (Å²) in [5.41, 5.74) is 2.95. The number of aryl methyl sites for hydroxylation is 2. The molecular weight excluding hydrogens is 438 g/mol. The Hall–Kier alpha value is -3.28. The minimum atomic E-state index is -0.0737. The Labute approximate surface area is 208 Å². The Bertz CT molecular complexity index is 1080. The van der Waals surface area contributed by atoms with Gasteiger partial charge in [-0.3, -0.25) is 9.59 Å². The second-order valence-electron chi connectivity index (χ2n) is 9.61. The third-order valence-corrected chi connectivity index (χ3v) is 6.76. The van der Waals surface area contributed by atoms with Crippen LogP contribution in [0.1, 0.15) is 72.8 Å². The Kier molecular flexibility index (Phi) is 8.45. The first-order valence-electron chi connectivity index (χ1n) is 12.9. The smallest absolute Gasteiger partial charge is 0.254 e. The van der Waals surface area contributed by atoms with E-state index in [0.717, 1.165) is 30.7 Å². The van der Waals surface area contributed by atoms with E-state index in [4.69, 9.17) is 4.42 Å². The molecule has 3 aromatic rings. The van der Waals surface area contributed by atoms with Gasteiger partial charge in [0, 0.05) is 30.5 Å². The van der Waals surface area contributed by atoms with Crippen LogP contribution < -0.4 is 0 Å². The van der Waals surface area contributed by atoms with Gasteiger partial charge in [0.25, 0.3) is 5.91 Å². The van der Waals surface area contributed by atoms with E-state index in [1.165, 1.54) is 31.2 Å². The highest BCUT2D eigenvalue weighted by Gasteiger charge is 2.35. The SMILES string of the molecule is CCCCCCc1ccc(C(=O)N(CC(=O)N(Cc2ccco2)Cc2cccn2C)C2CC2)cc1. The zero-order valence-electron chi connectivity index (χ0n) is 21.0.